The lowest BCUT2D eigenvalue weighted by Gasteiger charge is -2.39. The molecule has 2 unspecified atom stereocenters. The molecule has 2 aromatic rings. The van der Waals surface area contributed by atoms with Gasteiger partial charge in [-0.25, -0.2) is 4.39 Å². The van der Waals surface area contributed by atoms with Crippen LogP contribution in [0.1, 0.15) is 41.6 Å². The van der Waals surface area contributed by atoms with Gasteiger partial charge in [0, 0.05) is 23.7 Å². The number of carbonyl (C=O) groups is 2. The molecule has 2 fully saturated rings. The lowest BCUT2D eigenvalue weighted by atomic mass is 9.96. The summed E-state index contributed by atoms with van der Waals surface area (Å²) >= 11 is 0. The molecule has 0 spiro atoms. The monoisotopic (exact) mass is 426 g/mol. The minimum Gasteiger partial charge on any atom is -0.493 e. The molecule has 0 aromatic heterocycles. The van der Waals surface area contributed by atoms with E-state index < -0.39 is 0 Å². The molecule has 0 radical (unpaired) electrons. The second kappa shape index (κ2) is 8.96. The molecular weight excluding hydrogens is 399 g/mol. The molecule has 164 valence electrons. The zero-order valence-electron chi connectivity index (χ0n) is 17.8. The molecule has 2 heterocycles. The quantitative estimate of drug-likeness (QED) is 0.769. The van der Waals surface area contributed by atoms with E-state index in [1.54, 1.807) is 14.2 Å². The molecule has 2 aliphatic rings. The standard InChI is InChI=1S/C24H27FN2O4/c1-30-21-10-3-15(11-22(21)31-2)12-23(28)27-19-8-9-20(27)14-18(13-19)26-24(29)16-4-6-17(25)7-5-16/h3-7,10-11,18-20H,8-9,12-14H2,1-2H3,(H,26,29). The smallest absolute Gasteiger partial charge is 0.251 e. The van der Waals surface area contributed by atoms with Crippen LogP contribution in [0, 0.1) is 5.82 Å². The van der Waals surface area contributed by atoms with Crippen molar-refractivity contribution in [1.29, 1.82) is 0 Å². The Morgan fingerprint density at radius 3 is 2.26 bits per heavy atom. The van der Waals surface area contributed by atoms with Crippen molar-refractivity contribution in [3.8, 4) is 11.5 Å². The van der Waals surface area contributed by atoms with Gasteiger partial charge >= 0.3 is 0 Å². The highest BCUT2D eigenvalue weighted by molar-refractivity contribution is 5.94. The van der Waals surface area contributed by atoms with E-state index in [-0.39, 0.29) is 35.8 Å². The van der Waals surface area contributed by atoms with Gasteiger partial charge in [-0.3, -0.25) is 9.59 Å². The SMILES string of the molecule is COc1ccc(CC(=O)N2C3CCC2CC(NC(=O)c2ccc(F)cc2)C3)cc1OC. The molecule has 4 rings (SSSR count). The third-order valence-corrected chi connectivity index (χ3v) is 6.27. The molecule has 6 nitrogen and oxygen atoms in total. The van der Waals surface area contributed by atoms with Crippen molar-refractivity contribution in [3.05, 3.63) is 59.4 Å². The molecule has 0 saturated carbocycles. The molecule has 2 atom stereocenters. The van der Waals surface area contributed by atoms with Crippen molar-refractivity contribution in [2.24, 2.45) is 0 Å². The highest BCUT2D eigenvalue weighted by Gasteiger charge is 2.43. The van der Waals surface area contributed by atoms with Gasteiger partial charge in [0.15, 0.2) is 11.5 Å². The molecule has 2 aliphatic heterocycles. The number of methoxy groups -OCH3 is 2. The first-order chi connectivity index (χ1) is 15.0. The molecule has 2 amide bonds. The third-order valence-electron chi connectivity index (χ3n) is 6.27. The van der Waals surface area contributed by atoms with Gasteiger partial charge in [-0.05, 0) is 67.6 Å². The van der Waals surface area contributed by atoms with Crippen molar-refractivity contribution >= 4 is 11.8 Å². The van der Waals surface area contributed by atoms with Crippen molar-refractivity contribution in [3.63, 3.8) is 0 Å². The number of hydrogen-bond acceptors (Lipinski definition) is 4. The van der Waals surface area contributed by atoms with Crippen LogP contribution in [0.4, 0.5) is 4.39 Å². The molecule has 7 heteroatoms. The Morgan fingerprint density at radius 1 is 1.00 bits per heavy atom. The number of benzene rings is 2. The average Bonchev–Trinajstić information content (AvgIpc) is 3.04. The molecular formula is C24H27FN2O4. The average molecular weight is 426 g/mol. The normalized spacial score (nSPS) is 22.2. The number of halogens is 1. The number of fused-ring (bicyclic) bond motifs is 2. The summed E-state index contributed by atoms with van der Waals surface area (Å²) in [5.74, 6) is 0.780. The van der Waals surface area contributed by atoms with Gasteiger partial charge in [0.25, 0.3) is 5.91 Å². The summed E-state index contributed by atoms with van der Waals surface area (Å²) in [6.07, 6.45) is 3.68. The van der Waals surface area contributed by atoms with Crippen LogP contribution in [0.3, 0.4) is 0 Å². The number of rotatable bonds is 6. The van der Waals surface area contributed by atoms with Crippen LogP contribution in [0.15, 0.2) is 42.5 Å². The van der Waals surface area contributed by atoms with Gasteiger partial charge < -0.3 is 19.7 Å². The van der Waals surface area contributed by atoms with Crippen LogP contribution in [0.5, 0.6) is 11.5 Å². The molecule has 2 aromatic carbocycles. The van der Waals surface area contributed by atoms with Gasteiger partial charge in [0.05, 0.1) is 20.6 Å². The van der Waals surface area contributed by atoms with Gasteiger partial charge in [0.2, 0.25) is 5.91 Å². The third kappa shape index (κ3) is 4.50. The van der Waals surface area contributed by atoms with Crippen LogP contribution >= 0.6 is 0 Å². The second-order valence-electron chi connectivity index (χ2n) is 8.20. The van der Waals surface area contributed by atoms with Crippen molar-refractivity contribution in [2.75, 3.05) is 14.2 Å². The minimum absolute atomic E-state index is 0.0141. The summed E-state index contributed by atoms with van der Waals surface area (Å²) in [4.78, 5) is 27.6. The Morgan fingerprint density at radius 2 is 1.65 bits per heavy atom. The van der Waals surface area contributed by atoms with E-state index in [1.165, 1.54) is 24.3 Å². The van der Waals surface area contributed by atoms with Crippen molar-refractivity contribution in [1.82, 2.24) is 10.2 Å². The maximum absolute atomic E-state index is 13.1. The zero-order chi connectivity index (χ0) is 22.0. The summed E-state index contributed by atoms with van der Waals surface area (Å²) in [5, 5.41) is 3.06. The summed E-state index contributed by atoms with van der Waals surface area (Å²) in [6.45, 7) is 0. The van der Waals surface area contributed by atoms with Crippen LogP contribution < -0.4 is 14.8 Å². The van der Waals surface area contributed by atoms with E-state index in [0.29, 0.717) is 23.5 Å². The fourth-order valence-corrected chi connectivity index (χ4v) is 4.83. The van der Waals surface area contributed by atoms with Crippen LogP contribution in [-0.2, 0) is 11.2 Å². The van der Waals surface area contributed by atoms with Crippen LogP contribution in [-0.4, -0.2) is 49.1 Å². The Labute approximate surface area is 181 Å². The fourth-order valence-electron chi connectivity index (χ4n) is 4.83. The Kier molecular flexibility index (Phi) is 6.11. The Balaban J connectivity index is 1.38. The van der Waals surface area contributed by atoms with E-state index in [0.717, 1.165) is 31.2 Å². The second-order valence-corrected chi connectivity index (χ2v) is 8.20. The zero-order valence-corrected chi connectivity index (χ0v) is 17.8. The largest absolute Gasteiger partial charge is 0.493 e. The van der Waals surface area contributed by atoms with E-state index in [1.807, 2.05) is 23.1 Å². The summed E-state index contributed by atoms with van der Waals surface area (Å²) in [7, 11) is 3.16. The first-order valence-corrected chi connectivity index (χ1v) is 10.6. The maximum Gasteiger partial charge on any atom is 0.251 e. The Hall–Kier alpha value is -3.09. The predicted molar refractivity (Wildman–Crippen MR) is 114 cm³/mol. The van der Waals surface area contributed by atoms with Crippen molar-refractivity contribution < 1.29 is 23.5 Å². The molecule has 31 heavy (non-hydrogen) atoms. The molecule has 2 bridgehead atoms. The number of amides is 2. The first-order valence-electron chi connectivity index (χ1n) is 10.6. The van der Waals surface area contributed by atoms with Gasteiger partial charge in [0.1, 0.15) is 5.82 Å². The van der Waals surface area contributed by atoms with Crippen LogP contribution in [0.25, 0.3) is 0 Å². The first kappa shape index (κ1) is 21.2. The van der Waals surface area contributed by atoms with Crippen LogP contribution in [0.2, 0.25) is 0 Å². The maximum atomic E-state index is 13.1. The van der Waals surface area contributed by atoms with Gasteiger partial charge in [-0.2, -0.15) is 0 Å². The molecule has 0 aliphatic carbocycles. The predicted octanol–water partition coefficient (Wildman–Crippen LogP) is 3.34. The summed E-state index contributed by atoms with van der Waals surface area (Å²) in [5.41, 5.74) is 1.33. The number of piperidine rings is 1. The number of hydrogen-bond donors (Lipinski definition) is 1. The lowest BCUT2D eigenvalue weighted by Crippen LogP contribution is -2.52. The van der Waals surface area contributed by atoms with E-state index in [4.69, 9.17) is 9.47 Å². The number of ether oxygens (including phenoxy) is 2. The topological polar surface area (TPSA) is 67.9 Å². The molecule has 1 N–H and O–H groups in total. The number of nitrogens with zero attached hydrogens (tertiary/aromatic N) is 1. The summed E-state index contributed by atoms with van der Waals surface area (Å²) < 4.78 is 23.7. The molecule has 2 saturated heterocycles. The van der Waals surface area contributed by atoms with E-state index >= 15 is 0 Å². The van der Waals surface area contributed by atoms with Crippen molar-refractivity contribution in [2.45, 2.75) is 50.2 Å². The Bertz CT molecular complexity index is 949. The van der Waals surface area contributed by atoms with Gasteiger partial charge in [-0.15, -0.1) is 0 Å². The number of carbonyl (C=O) groups excluding carboxylic acids is 2. The highest BCUT2D eigenvalue weighted by atomic mass is 19.1. The lowest BCUT2D eigenvalue weighted by molar-refractivity contribution is -0.135. The minimum atomic E-state index is -0.365. The van der Waals surface area contributed by atoms with E-state index in [2.05, 4.69) is 5.32 Å². The van der Waals surface area contributed by atoms with E-state index in [9.17, 15) is 14.0 Å². The number of nitrogens with one attached hydrogen (secondary N) is 1. The summed E-state index contributed by atoms with van der Waals surface area (Å²) in [6, 6.07) is 11.4. The fraction of sp³-hybridized carbons (Fsp3) is 0.417. The van der Waals surface area contributed by atoms with Gasteiger partial charge in [-0.1, -0.05) is 6.07 Å². The highest BCUT2D eigenvalue weighted by Crippen LogP contribution is 2.37.